The minimum Gasteiger partial charge on any atom is -0.289 e. The first-order chi connectivity index (χ1) is 9.56. The summed E-state index contributed by atoms with van der Waals surface area (Å²) >= 11 is 9.42. The number of halogens is 2. The third-order valence-electron chi connectivity index (χ3n) is 3.39. The quantitative estimate of drug-likeness (QED) is 0.669. The van der Waals surface area contributed by atoms with Gasteiger partial charge >= 0.3 is 0 Å². The van der Waals surface area contributed by atoms with Gasteiger partial charge in [0.05, 0.1) is 5.02 Å². The molecule has 0 N–H and O–H groups in total. The van der Waals surface area contributed by atoms with E-state index in [0.717, 1.165) is 28.4 Å². The average Bonchev–Trinajstić information content (AvgIpc) is 2.48. The molecule has 0 unspecified atom stereocenters. The van der Waals surface area contributed by atoms with E-state index in [0.29, 0.717) is 10.6 Å². The molecule has 0 aliphatic carbocycles. The first kappa shape index (κ1) is 15.3. The molecule has 20 heavy (non-hydrogen) atoms. The van der Waals surface area contributed by atoms with Gasteiger partial charge in [-0.1, -0.05) is 37.6 Å². The SMILES string of the molecule is CCc1ccc(CC)c(C(=O)c2ccc(Br)c(Cl)c2)c1. The van der Waals surface area contributed by atoms with Gasteiger partial charge in [0.1, 0.15) is 0 Å². The number of carbonyl (C=O) groups is 1. The second-order valence-corrected chi connectivity index (χ2v) is 5.92. The Morgan fingerprint density at radius 2 is 1.85 bits per heavy atom. The zero-order valence-corrected chi connectivity index (χ0v) is 13.9. The number of ketones is 1. The van der Waals surface area contributed by atoms with Crippen LogP contribution in [0.1, 0.15) is 40.9 Å². The normalized spacial score (nSPS) is 10.6. The van der Waals surface area contributed by atoms with Crippen molar-refractivity contribution in [3.63, 3.8) is 0 Å². The fraction of sp³-hybridized carbons (Fsp3) is 0.235. The Balaban J connectivity index is 2.48. The third kappa shape index (κ3) is 3.13. The molecule has 2 aromatic rings. The number of carbonyl (C=O) groups excluding carboxylic acids is 1. The molecule has 0 fully saturated rings. The lowest BCUT2D eigenvalue weighted by atomic mass is 9.94. The van der Waals surface area contributed by atoms with Crippen molar-refractivity contribution in [3.8, 4) is 0 Å². The Morgan fingerprint density at radius 1 is 1.10 bits per heavy atom. The Morgan fingerprint density at radius 3 is 2.45 bits per heavy atom. The van der Waals surface area contributed by atoms with Gasteiger partial charge in [-0.15, -0.1) is 0 Å². The summed E-state index contributed by atoms with van der Waals surface area (Å²) in [6, 6.07) is 11.5. The molecule has 0 bridgehead atoms. The molecule has 0 aliphatic heterocycles. The summed E-state index contributed by atoms with van der Waals surface area (Å²) in [6.07, 6.45) is 1.76. The Bertz CT molecular complexity index is 649. The van der Waals surface area contributed by atoms with Crippen LogP contribution in [0, 0.1) is 0 Å². The van der Waals surface area contributed by atoms with Crippen molar-refractivity contribution in [2.45, 2.75) is 26.7 Å². The van der Waals surface area contributed by atoms with Gasteiger partial charge in [-0.2, -0.15) is 0 Å². The second kappa shape index (κ2) is 6.55. The number of hydrogen-bond acceptors (Lipinski definition) is 1. The van der Waals surface area contributed by atoms with E-state index in [9.17, 15) is 4.79 Å². The Hall–Kier alpha value is -1.12. The number of hydrogen-bond donors (Lipinski definition) is 0. The van der Waals surface area contributed by atoms with E-state index < -0.39 is 0 Å². The summed E-state index contributed by atoms with van der Waals surface area (Å²) in [4.78, 5) is 12.7. The fourth-order valence-corrected chi connectivity index (χ4v) is 2.58. The fourth-order valence-electron chi connectivity index (χ4n) is 2.16. The van der Waals surface area contributed by atoms with Crippen LogP contribution < -0.4 is 0 Å². The van der Waals surface area contributed by atoms with E-state index in [-0.39, 0.29) is 5.78 Å². The minimum atomic E-state index is 0.0338. The molecule has 2 rings (SSSR count). The van der Waals surface area contributed by atoms with E-state index >= 15 is 0 Å². The summed E-state index contributed by atoms with van der Waals surface area (Å²) in [5.41, 5.74) is 3.66. The molecular weight excluding hydrogens is 336 g/mol. The largest absolute Gasteiger partial charge is 0.289 e. The van der Waals surface area contributed by atoms with Gasteiger partial charge in [-0.3, -0.25) is 4.79 Å². The lowest BCUT2D eigenvalue weighted by Crippen LogP contribution is -2.06. The smallest absolute Gasteiger partial charge is 0.193 e. The monoisotopic (exact) mass is 350 g/mol. The molecule has 1 nitrogen and oxygen atoms in total. The van der Waals surface area contributed by atoms with Crippen LogP contribution in [0.3, 0.4) is 0 Å². The third-order valence-corrected chi connectivity index (χ3v) is 4.62. The number of benzene rings is 2. The zero-order valence-electron chi connectivity index (χ0n) is 11.5. The van der Waals surface area contributed by atoms with Gasteiger partial charge in [0.15, 0.2) is 5.78 Å². The van der Waals surface area contributed by atoms with Crippen molar-refractivity contribution in [1.29, 1.82) is 0 Å². The highest BCUT2D eigenvalue weighted by Gasteiger charge is 2.14. The van der Waals surface area contributed by atoms with Crippen LogP contribution in [0.15, 0.2) is 40.9 Å². The van der Waals surface area contributed by atoms with Crippen LogP contribution >= 0.6 is 27.5 Å². The van der Waals surface area contributed by atoms with Crippen LogP contribution in [0.2, 0.25) is 5.02 Å². The van der Waals surface area contributed by atoms with E-state index in [2.05, 4.69) is 35.8 Å². The highest BCUT2D eigenvalue weighted by Crippen LogP contribution is 2.25. The maximum atomic E-state index is 12.7. The van der Waals surface area contributed by atoms with Gasteiger partial charge < -0.3 is 0 Å². The first-order valence-electron chi connectivity index (χ1n) is 6.68. The molecule has 0 radical (unpaired) electrons. The van der Waals surface area contributed by atoms with Crippen molar-refractivity contribution >= 4 is 33.3 Å². The molecule has 3 heteroatoms. The van der Waals surface area contributed by atoms with Gasteiger partial charge in [0.2, 0.25) is 0 Å². The van der Waals surface area contributed by atoms with Crippen molar-refractivity contribution in [2.24, 2.45) is 0 Å². The molecule has 0 amide bonds. The molecule has 104 valence electrons. The van der Waals surface area contributed by atoms with Crippen LogP contribution in [-0.2, 0) is 12.8 Å². The molecule has 0 aromatic heterocycles. The van der Waals surface area contributed by atoms with Crippen LogP contribution in [0.4, 0.5) is 0 Å². The molecule has 0 heterocycles. The summed E-state index contributed by atoms with van der Waals surface area (Å²) < 4.78 is 0.800. The highest BCUT2D eigenvalue weighted by atomic mass is 79.9. The molecular formula is C17H16BrClO. The summed E-state index contributed by atoms with van der Waals surface area (Å²) in [6.45, 7) is 4.15. The lowest BCUT2D eigenvalue weighted by Gasteiger charge is -2.10. The Labute approximate surface area is 133 Å². The average molecular weight is 352 g/mol. The summed E-state index contributed by atoms with van der Waals surface area (Å²) in [5.74, 6) is 0.0338. The molecule has 0 spiro atoms. The van der Waals surface area contributed by atoms with Crippen molar-refractivity contribution < 1.29 is 4.79 Å². The minimum absolute atomic E-state index is 0.0338. The topological polar surface area (TPSA) is 17.1 Å². The van der Waals surface area contributed by atoms with Gasteiger partial charge in [0, 0.05) is 15.6 Å². The predicted octanol–water partition coefficient (Wildman–Crippen LogP) is 5.46. The van der Waals surface area contributed by atoms with E-state index in [1.807, 2.05) is 18.2 Å². The van der Waals surface area contributed by atoms with Crippen molar-refractivity contribution in [3.05, 3.63) is 68.1 Å². The van der Waals surface area contributed by atoms with E-state index in [4.69, 9.17) is 11.6 Å². The summed E-state index contributed by atoms with van der Waals surface area (Å²) in [7, 11) is 0. The predicted molar refractivity (Wildman–Crippen MR) is 87.8 cm³/mol. The van der Waals surface area contributed by atoms with Crippen molar-refractivity contribution in [2.75, 3.05) is 0 Å². The standard InChI is InChI=1S/C17H16BrClO/c1-3-11-5-6-12(4-2)14(9-11)17(20)13-7-8-15(18)16(19)10-13/h5-10H,3-4H2,1-2H3. The molecule has 0 aliphatic rings. The second-order valence-electron chi connectivity index (χ2n) is 4.66. The number of rotatable bonds is 4. The lowest BCUT2D eigenvalue weighted by molar-refractivity contribution is 0.103. The summed E-state index contributed by atoms with van der Waals surface area (Å²) in [5, 5.41) is 0.556. The molecule has 0 saturated heterocycles. The van der Waals surface area contributed by atoms with Gasteiger partial charge in [-0.05, 0) is 64.2 Å². The zero-order chi connectivity index (χ0) is 14.7. The molecule has 0 atom stereocenters. The van der Waals surface area contributed by atoms with E-state index in [1.54, 1.807) is 12.1 Å². The molecule has 0 saturated carbocycles. The van der Waals surface area contributed by atoms with Crippen LogP contribution in [0.25, 0.3) is 0 Å². The van der Waals surface area contributed by atoms with E-state index in [1.165, 1.54) is 5.56 Å². The van der Waals surface area contributed by atoms with Gasteiger partial charge in [0.25, 0.3) is 0 Å². The van der Waals surface area contributed by atoms with Crippen LogP contribution in [0.5, 0.6) is 0 Å². The maximum absolute atomic E-state index is 12.7. The Kier molecular flexibility index (Phi) is 5.00. The first-order valence-corrected chi connectivity index (χ1v) is 7.85. The van der Waals surface area contributed by atoms with Gasteiger partial charge in [-0.25, -0.2) is 0 Å². The highest BCUT2D eigenvalue weighted by molar-refractivity contribution is 9.10. The van der Waals surface area contributed by atoms with Crippen molar-refractivity contribution in [1.82, 2.24) is 0 Å². The van der Waals surface area contributed by atoms with Crippen LogP contribution in [-0.4, -0.2) is 5.78 Å². The molecule has 2 aromatic carbocycles. The maximum Gasteiger partial charge on any atom is 0.193 e. The number of aryl methyl sites for hydroxylation is 2.